The third-order valence-electron chi connectivity index (χ3n) is 6.18. The van der Waals surface area contributed by atoms with Crippen molar-refractivity contribution >= 4 is 23.0 Å². The molecule has 172 valence electrons. The Morgan fingerprint density at radius 3 is 2.70 bits per heavy atom. The molecule has 7 heteroatoms. The Morgan fingerprint density at radius 1 is 1.15 bits per heavy atom. The smallest absolute Gasteiger partial charge is 0.174 e. The summed E-state index contributed by atoms with van der Waals surface area (Å²) in [5.74, 6) is 0.853. The summed E-state index contributed by atoms with van der Waals surface area (Å²) in [4.78, 5) is 6.86. The lowest BCUT2D eigenvalue weighted by atomic mass is 10.0. The molecule has 3 atom stereocenters. The molecule has 2 aliphatic rings. The first-order valence-corrected chi connectivity index (χ1v) is 12.0. The van der Waals surface area contributed by atoms with Gasteiger partial charge in [0.1, 0.15) is 11.8 Å². The molecule has 5 rings (SSSR count). The van der Waals surface area contributed by atoms with E-state index in [9.17, 15) is 0 Å². The standard InChI is InChI=1S/C26H30N4O2S/c1-18(2)32-20-12-10-19(11-13-20)30-25(24(28-26(30)33)22-8-3-4-14-27-22)23-9-5-15-29(23)17-21-7-6-16-31-21/h3-5,8-15,18,21,24-25H,6-7,16-17H2,1-2H3,(H,28,33). The predicted molar refractivity (Wildman–Crippen MR) is 134 cm³/mol. The normalized spacial score (nSPS) is 22.7. The van der Waals surface area contributed by atoms with Gasteiger partial charge in [-0.05, 0) is 87.4 Å². The molecule has 0 bridgehead atoms. The molecule has 3 aromatic rings. The van der Waals surface area contributed by atoms with E-state index in [1.54, 1.807) is 0 Å². The molecule has 0 radical (unpaired) electrons. The number of benzene rings is 1. The molecular weight excluding hydrogens is 432 g/mol. The van der Waals surface area contributed by atoms with Crippen molar-refractivity contribution in [2.45, 2.75) is 57.5 Å². The van der Waals surface area contributed by atoms with Crippen molar-refractivity contribution in [3.05, 3.63) is 78.4 Å². The lowest BCUT2D eigenvalue weighted by Crippen LogP contribution is -2.31. The highest BCUT2D eigenvalue weighted by atomic mass is 32.1. The lowest BCUT2D eigenvalue weighted by molar-refractivity contribution is 0.0961. The van der Waals surface area contributed by atoms with Crippen LogP contribution in [-0.4, -0.2) is 33.5 Å². The molecule has 6 nitrogen and oxygen atoms in total. The van der Waals surface area contributed by atoms with Crippen LogP contribution in [0.25, 0.3) is 0 Å². The number of hydrogen-bond donors (Lipinski definition) is 1. The van der Waals surface area contributed by atoms with E-state index < -0.39 is 0 Å². The van der Waals surface area contributed by atoms with E-state index in [0.29, 0.717) is 5.11 Å². The molecule has 1 N–H and O–H groups in total. The molecule has 2 saturated heterocycles. The van der Waals surface area contributed by atoms with E-state index in [1.165, 1.54) is 5.69 Å². The summed E-state index contributed by atoms with van der Waals surface area (Å²) in [6.07, 6.45) is 6.60. The van der Waals surface area contributed by atoms with Gasteiger partial charge in [-0.15, -0.1) is 0 Å². The van der Waals surface area contributed by atoms with E-state index in [-0.39, 0.29) is 24.3 Å². The predicted octanol–water partition coefficient (Wildman–Crippen LogP) is 5.03. The molecule has 0 aliphatic carbocycles. The second-order valence-corrected chi connectivity index (χ2v) is 9.26. The second-order valence-electron chi connectivity index (χ2n) is 8.88. The molecule has 1 aromatic carbocycles. The lowest BCUT2D eigenvalue weighted by Gasteiger charge is -2.29. The van der Waals surface area contributed by atoms with Crippen molar-refractivity contribution in [3.63, 3.8) is 0 Å². The highest BCUT2D eigenvalue weighted by molar-refractivity contribution is 7.80. The highest BCUT2D eigenvalue weighted by Crippen LogP contribution is 2.42. The molecule has 2 fully saturated rings. The van der Waals surface area contributed by atoms with Crippen LogP contribution in [0.2, 0.25) is 0 Å². The second kappa shape index (κ2) is 9.53. The van der Waals surface area contributed by atoms with Gasteiger partial charge in [-0.2, -0.15) is 0 Å². The number of aromatic nitrogens is 2. The average molecular weight is 463 g/mol. The minimum Gasteiger partial charge on any atom is -0.491 e. The zero-order valence-electron chi connectivity index (χ0n) is 19.1. The topological polar surface area (TPSA) is 51.5 Å². The van der Waals surface area contributed by atoms with Crippen LogP contribution in [0.1, 0.15) is 50.2 Å². The summed E-state index contributed by atoms with van der Waals surface area (Å²) in [6.45, 7) is 5.76. The Labute approximate surface area is 200 Å². The number of nitrogens with zero attached hydrogens (tertiary/aromatic N) is 3. The van der Waals surface area contributed by atoms with Gasteiger partial charge in [0.05, 0.1) is 23.9 Å². The van der Waals surface area contributed by atoms with E-state index >= 15 is 0 Å². The van der Waals surface area contributed by atoms with Gasteiger partial charge in [0, 0.05) is 36.9 Å². The van der Waals surface area contributed by atoms with Gasteiger partial charge in [-0.25, -0.2) is 0 Å². The van der Waals surface area contributed by atoms with Crippen LogP contribution < -0.4 is 15.0 Å². The van der Waals surface area contributed by atoms with Gasteiger partial charge < -0.3 is 24.3 Å². The molecule has 0 saturated carbocycles. The monoisotopic (exact) mass is 462 g/mol. The van der Waals surface area contributed by atoms with Gasteiger partial charge in [0.2, 0.25) is 0 Å². The Morgan fingerprint density at radius 2 is 2.00 bits per heavy atom. The van der Waals surface area contributed by atoms with Crippen molar-refractivity contribution in [1.82, 2.24) is 14.9 Å². The maximum atomic E-state index is 5.93. The van der Waals surface area contributed by atoms with Gasteiger partial charge in [-0.3, -0.25) is 4.98 Å². The van der Waals surface area contributed by atoms with Crippen molar-refractivity contribution in [2.24, 2.45) is 0 Å². The first-order chi connectivity index (χ1) is 16.1. The quantitative estimate of drug-likeness (QED) is 0.497. The van der Waals surface area contributed by atoms with Crippen LogP contribution in [-0.2, 0) is 11.3 Å². The number of hydrogen-bond acceptors (Lipinski definition) is 4. The molecular formula is C26H30N4O2S. The SMILES string of the molecule is CC(C)Oc1ccc(N2C(=S)NC(c3ccccn3)C2c2cccn2CC2CCCO2)cc1. The number of nitrogens with one attached hydrogen (secondary N) is 1. The van der Waals surface area contributed by atoms with E-state index in [1.807, 2.05) is 44.3 Å². The molecule has 33 heavy (non-hydrogen) atoms. The number of anilines is 1. The molecule has 0 spiro atoms. The molecule has 2 aliphatic heterocycles. The molecule has 2 aromatic heterocycles. The van der Waals surface area contributed by atoms with Crippen LogP contribution in [0.15, 0.2) is 67.0 Å². The minimum absolute atomic E-state index is 0.0410. The number of ether oxygens (including phenoxy) is 2. The summed E-state index contributed by atoms with van der Waals surface area (Å²) in [6, 6.07) is 18.4. The summed E-state index contributed by atoms with van der Waals surface area (Å²) < 4.78 is 14.1. The van der Waals surface area contributed by atoms with Crippen LogP contribution >= 0.6 is 12.2 Å². The number of thiocarbonyl (C=S) groups is 1. The minimum atomic E-state index is -0.0663. The maximum absolute atomic E-state index is 5.93. The van der Waals surface area contributed by atoms with Crippen molar-refractivity contribution < 1.29 is 9.47 Å². The average Bonchev–Trinajstić information content (AvgIpc) is 3.55. The molecule has 0 amide bonds. The van der Waals surface area contributed by atoms with Crippen LogP contribution in [0.3, 0.4) is 0 Å². The summed E-state index contributed by atoms with van der Waals surface area (Å²) in [5, 5.41) is 4.24. The van der Waals surface area contributed by atoms with E-state index in [4.69, 9.17) is 21.7 Å². The first-order valence-electron chi connectivity index (χ1n) is 11.6. The maximum Gasteiger partial charge on any atom is 0.174 e. The van der Waals surface area contributed by atoms with E-state index in [2.05, 4.69) is 56.3 Å². The molecule has 3 unspecified atom stereocenters. The first kappa shape index (κ1) is 21.9. The van der Waals surface area contributed by atoms with Gasteiger partial charge >= 0.3 is 0 Å². The fraction of sp³-hybridized carbons (Fsp3) is 0.385. The summed E-state index contributed by atoms with van der Waals surface area (Å²) in [7, 11) is 0. The van der Waals surface area contributed by atoms with E-state index in [0.717, 1.165) is 43.1 Å². The van der Waals surface area contributed by atoms with Crippen LogP contribution in [0, 0.1) is 0 Å². The Balaban J connectivity index is 1.52. The highest BCUT2D eigenvalue weighted by Gasteiger charge is 2.42. The fourth-order valence-corrected chi connectivity index (χ4v) is 5.11. The Hall–Kier alpha value is -2.90. The van der Waals surface area contributed by atoms with Gasteiger partial charge in [0.25, 0.3) is 0 Å². The number of rotatable bonds is 7. The Bertz CT molecular complexity index is 1080. The third-order valence-corrected chi connectivity index (χ3v) is 6.49. The molecule has 4 heterocycles. The van der Waals surface area contributed by atoms with Crippen molar-refractivity contribution in [3.8, 4) is 5.75 Å². The summed E-state index contributed by atoms with van der Waals surface area (Å²) >= 11 is 5.86. The third kappa shape index (κ3) is 4.61. The zero-order chi connectivity index (χ0) is 22.8. The van der Waals surface area contributed by atoms with Crippen LogP contribution in [0.4, 0.5) is 5.69 Å². The van der Waals surface area contributed by atoms with Crippen LogP contribution in [0.5, 0.6) is 5.75 Å². The van der Waals surface area contributed by atoms with Gasteiger partial charge in [-0.1, -0.05) is 6.07 Å². The Kier molecular flexibility index (Phi) is 6.33. The zero-order valence-corrected chi connectivity index (χ0v) is 19.9. The summed E-state index contributed by atoms with van der Waals surface area (Å²) in [5.41, 5.74) is 3.19. The van der Waals surface area contributed by atoms with Crippen molar-refractivity contribution in [2.75, 3.05) is 11.5 Å². The largest absolute Gasteiger partial charge is 0.491 e. The fourth-order valence-electron chi connectivity index (χ4n) is 4.76. The number of pyridine rings is 1. The van der Waals surface area contributed by atoms with Gasteiger partial charge in [0.15, 0.2) is 5.11 Å². The van der Waals surface area contributed by atoms with Crippen molar-refractivity contribution in [1.29, 1.82) is 0 Å².